The van der Waals surface area contributed by atoms with Crippen LogP contribution in [0.1, 0.15) is 0 Å². The van der Waals surface area contributed by atoms with Crippen LogP contribution in [0, 0.1) is 6.57 Å². The molecule has 1 aliphatic heterocycles. The lowest BCUT2D eigenvalue weighted by atomic mass is 10.2. The summed E-state index contributed by atoms with van der Waals surface area (Å²) in [6, 6.07) is 16.4. The zero-order valence-electron chi connectivity index (χ0n) is 16.6. The number of nitrogens with one attached hydrogen (secondary N) is 1. The number of benzene rings is 2. The van der Waals surface area contributed by atoms with Gasteiger partial charge in [-0.3, -0.25) is 9.69 Å². The molecule has 3 aromatic rings. The van der Waals surface area contributed by atoms with E-state index in [9.17, 15) is 9.90 Å². The molecule has 2 aromatic carbocycles. The molecule has 1 atom stereocenters. The zero-order chi connectivity index (χ0) is 20.9. The second-order valence-electron chi connectivity index (χ2n) is 7.45. The van der Waals surface area contributed by atoms with Crippen molar-refractivity contribution in [2.75, 3.05) is 44.2 Å². The van der Waals surface area contributed by atoms with Crippen LogP contribution in [0.3, 0.4) is 0 Å². The minimum Gasteiger partial charge on any atom is -0.491 e. The van der Waals surface area contributed by atoms with E-state index in [0.29, 0.717) is 18.0 Å². The Morgan fingerprint density at radius 1 is 1.07 bits per heavy atom. The number of fused-ring (bicyclic) bond motifs is 1. The average molecular weight is 404 g/mol. The number of aliphatic hydroxyl groups is 1. The third-order valence-electron chi connectivity index (χ3n) is 5.32. The van der Waals surface area contributed by atoms with Crippen LogP contribution in [0.2, 0.25) is 0 Å². The number of H-pyrrole nitrogens is 1. The molecule has 2 N–H and O–H groups in total. The van der Waals surface area contributed by atoms with E-state index in [0.717, 1.165) is 42.8 Å². The summed E-state index contributed by atoms with van der Waals surface area (Å²) >= 11 is 0. The van der Waals surface area contributed by atoms with Crippen LogP contribution in [0.4, 0.5) is 11.4 Å². The second kappa shape index (κ2) is 8.99. The van der Waals surface area contributed by atoms with Gasteiger partial charge in [0.15, 0.2) is 5.69 Å². The quantitative estimate of drug-likeness (QED) is 0.618. The van der Waals surface area contributed by atoms with Gasteiger partial charge < -0.3 is 19.7 Å². The van der Waals surface area contributed by atoms with Crippen molar-refractivity contribution in [3.63, 3.8) is 0 Å². The number of aromatic nitrogens is 1. The monoisotopic (exact) mass is 404 g/mol. The Kier molecular flexibility index (Phi) is 5.98. The highest BCUT2D eigenvalue weighted by Crippen LogP contribution is 2.21. The van der Waals surface area contributed by atoms with Gasteiger partial charge in [0, 0.05) is 55.4 Å². The number of pyridine rings is 1. The predicted octanol–water partition coefficient (Wildman–Crippen LogP) is 2.64. The first-order chi connectivity index (χ1) is 14.6. The molecule has 0 bridgehead atoms. The summed E-state index contributed by atoms with van der Waals surface area (Å²) in [5.41, 5.74) is 2.41. The largest absolute Gasteiger partial charge is 0.491 e. The Hall–Kier alpha value is -3.34. The zero-order valence-corrected chi connectivity index (χ0v) is 16.6. The number of piperazine rings is 1. The van der Waals surface area contributed by atoms with Gasteiger partial charge in [-0.15, -0.1) is 0 Å². The lowest BCUT2D eigenvalue weighted by Crippen LogP contribution is -2.49. The molecule has 1 aliphatic rings. The van der Waals surface area contributed by atoms with Gasteiger partial charge in [-0.1, -0.05) is 12.1 Å². The highest BCUT2D eigenvalue weighted by molar-refractivity contribution is 5.79. The molecule has 0 saturated carbocycles. The first-order valence-electron chi connectivity index (χ1n) is 9.99. The number of anilines is 1. The van der Waals surface area contributed by atoms with Gasteiger partial charge in [0.25, 0.3) is 0 Å². The van der Waals surface area contributed by atoms with Gasteiger partial charge in [0.1, 0.15) is 18.5 Å². The molecule has 1 aromatic heterocycles. The number of nitrogens with zero attached hydrogens (tertiary/aromatic N) is 3. The Bertz CT molecular complexity index is 1100. The van der Waals surface area contributed by atoms with Crippen molar-refractivity contribution in [2.24, 2.45) is 0 Å². The van der Waals surface area contributed by atoms with E-state index >= 15 is 0 Å². The molecule has 4 rings (SSSR count). The maximum absolute atomic E-state index is 11.4. The summed E-state index contributed by atoms with van der Waals surface area (Å²) in [6.07, 6.45) is -0.583. The maximum atomic E-state index is 11.4. The molecule has 0 spiro atoms. The number of aromatic amines is 1. The van der Waals surface area contributed by atoms with Gasteiger partial charge in [-0.05, 0) is 36.4 Å². The van der Waals surface area contributed by atoms with Gasteiger partial charge in [-0.2, -0.15) is 0 Å². The van der Waals surface area contributed by atoms with Crippen molar-refractivity contribution in [3.05, 3.63) is 76.4 Å². The van der Waals surface area contributed by atoms with E-state index in [2.05, 4.69) is 19.6 Å². The van der Waals surface area contributed by atoms with Crippen molar-refractivity contribution in [2.45, 2.75) is 6.10 Å². The van der Waals surface area contributed by atoms with E-state index in [-0.39, 0.29) is 12.2 Å². The van der Waals surface area contributed by atoms with Crippen molar-refractivity contribution in [3.8, 4) is 5.75 Å². The van der Waals surface area contributed by atoms with Gasteiger partial charge >= 0.3 is 0 Å². The standard InChI is InChI=1S/C23H24N4O3/c1-24-18-3-5-19(6-4-18)27-12-10-26(11-13-27)15-20(28)16-30-21-7-8-22-17(14-21)2-9-23(29)25-22/h2-9,14,20,28H,10-13,15-16H2,(H,25,29)/t20-/m0/s1. The summed E-state index contributed by atoms with van der Waals surface area (Å²) in [5.74, 6) is 0.668. The van der Waals surface area contributed by atoms with E-state index in [4.69, 9.17) is 11.3 Å². The minimum absolute atomic E-state index is 0.132. The van der Waals surface area contributed by atoms with Gasteiger partial charge in [-0.25, -0.2) is 4.85 Å². The summed E-state index contributed by atoms with van der Waals surface area (Å²) in [7, 11) is 0. The highest BCUT2D eigenvalue weighted by atomic mass is 16.5. The number of hydrogen-bond acceptors (Lipinski definition) is 5. The molecule has 1 fully saturated rings. The molecule has 2 heterocycles. The van der Waals surface area contributed by atoms with Crippen molar-refractivity contribution in [1.82, 2.24) is 9.88 Å². The fourth-order valence-electron chi connectivity index (χ4n) is 3.69. The van der Waals surface area contributed by atoms with Crippen molar-refractivity contribution in [1.29, 1.82) is 0 Å². The number of rotatable bonds is 6. The van der Waals surface area contributed by atoms with Crippen LogP contribution in [0.15, 0.2) is 59.4 Å². The predicted molar refractivity (Wildman–Crippen MR) is 117 cm³/mol. The highest BCUT2D eigenvalue weighted by Gasteiger charge is 2.19. The van der Waals surface area contributed by atoms with Crippen LogP contribution in [-0.2, 0) is 0 Å². The Morgan fingerprint density at radius 3 is 2.57 bits per heavy atom. The van der Waals surface area contributed by atoms with Gasteiger partial charge in [0.2, 0.25) is 5.56 Å². The molecule has 7 nitrogen and oxygen atoms in total. The molecule has 7 heteroatoms. The molecule has 30 heavy (non-hydrogen) atoms. The van der Waals surface area contributed by atoms with Crippen LogP contribution in [-0.4, -0.2) is 60.4 Å². The first-order valence-corrected chi connectivity index (χ1v) is 9.99. The van der Waals surface area contributed by atoms with E-state index in [1.54, 1.807) is 12.1 Å². The van der Waals surface area contributed by atoms with Gasteiger partial charge in [0.05, 0.1) is 6.57 Å². The fraction of sp³-hybridized carbons (Fsp3) is 0.304. The Balaban J connectivity index is 1.25. The third kappa shape index (κ3) is 4.79. The average Bonchev–Trinajstić information content (AvgIpc) is 2.78. The van der Waals surface area contributed by atoms with Crippen molar-refractivity contribution >= 4 is 22.3 Å². The first kappa shape index (κ1) is 20.0. The summed E-state index contributed by atoms with van der Waals surface area (Å²) < 4.78 is 5.76. The molecule has 1 saturated heterocycles. The number of hydrogen-bond donors (Lipinski definition) is 2. The fourth-order valence-corrected chi connectivity index (χ4v) is 3.69. The van der Waals surface area contributed by atoms with E-state index in [1.165, 1.54) is 6.07 Å². The molecule has 0 aliphatic carbocycles. The lowest BCUT2D eigenvalue weighted by molar-refractivity contribution is 0.0663. The van der Waals surface area contributed by atoms with Crippen LogP contribution in [0.25, 0.3) is 15.7 Å². The summed E-state index contributed by atoms with van der Waals surface area (Å²) in [6.45, 7) is 11.3. The molecular weight excluding hydrogens is 380 g/mol. The van der Waals surface area contributed by atoms with Crippen LogP contribution in [0.5, 0.6) is 5.75 Å². The number of aliphatic hydroxyl groups excluding tert-OH is 1. The molecule has 0 radical (unpaired) electrons. The van der Waals surface area contributed by atoms with Crippen molar-refractivity contribution < 1.29 is 9.84 Å². The molecule has 154 valence electrons. The molecule has 0 amide bonds. The Labute approximate surface area is 174 Å². The third-order valence-corrected chi connectivity index (χ3v) is 5.32. The Morgan fingerprint density at radius 2 is 1.83 bits per heavy atom. The maximum Gasteiger partial charge on any atom is 0.248 e. The number of β-amino-alcohol motifs (C(OH)–C–C–N with tert-alkyl or cyclic N) is 1. The SMILES string of the molecule is [C-]#[N+]c1ccc(N2CCN(C[C@H](O)COc3ccc4[nH]c(=O)ccc4c3)CC2)cc1. The second-order valence-corrected chi connectivity index (χ2v) is 7.45. The lowest BCUT2D eigenvalue weighted by Gasteiger charge is -2.36. The normalized spacial score (nSPS) is 15.7. The summed E-state index contributed by atoms with van der Waals surface area (Å²) in [4.78, 5) is 22.1. The summed E-state index contributed by atoms with van der Waals surface area (Å²) in [5, 5.41) is 11.3. The van der Waals surface area contributed by atoms with E-state index in [1.807, 2.05) is 36.4 Å². The van der Waals surface area contributed by atoms with E-state index < -0.39 is 6.10 Å². The van der Waals surface area contributed by atoms with Crippen LogP contribution < -0.4 is 15.2 Å². The van der Waals surface area contributed by atoms with Crippen LogP contribution >= 0.6 is 0 Å². The number of ether oxygens (including phenoxy) is 1. The topological polar surface area (TPSA) is 73.2 Å². The molecular formula is C23H24N4O3. The minimum atomic E-state index is -0.583. The molecule has 0 unspecified atom stereocenters. The smallest absolute Gasteiger partial charge is 0.248 e.